The van der Waals surface area contributed by atoms with Crippen molar-refractivity contribution in [2.45, 2.75) is 51.6 Å². The molecule has 0 radical (unpaired) electrons. The Labute approximate surface area is 117 Å². The van der Waals surface area contributed by atoms with Gasteiger partial charge in [0, 0.05) is 11.1 Å². The summed E-state index contributed by atoms with van der Waals surface area (Å²) in [6.45, 7) is 8.30. The van der Waals surface area contributed by atoms with Gasteiger partial charge in [0.1, 0.15) is 0 Å². The summed E-state index contributed by atoms with van der Waals surface area (Å²) in [5.41, 5.74) is -0.621. The fourth-order valence-corrected chi connectivity index (χ4v) is 1.79. The maximum Gasteiger partial charge on any atom is 0.420 e. The maximum atomic E-state index is 11.6. The molecule has 0 spiro atoms. The lowest BCUT2D eigenvalue weighted by Crippen LogP contribution is -2.44. The molecular weight excluding hydrogens is 268 g/mol. The average Bonchev–Trinajstić information content (AvgIpc) is 2.81. The van der Waals surface area contributed by atoms with Crippen molar-refractivity contribution in [2.24, 2.45) is 0 Å². The molecule has 2 heterocycles. The van der Waals surface area contributed by atoms with Crippen LogP contribution in [-0.2, 0) is 28.5 Å². The number of hydrogen-bond acceptors (Lipinski definition) is 8. The molecule has 2 fully saturated rings. The molecule has 0 aromatic heterocycles. The van der Waals surface area contributed by atoms with E-state index in [-0.39, 0.29) is 11.1 Å². The van der Waals surface area contributed by atoms with Crippen molar-refractivity contribution in [3.8, 4) is 0 Å². The second-order valence-electron chi connectivity index (χ2n) is 6.15. The highest BCUT2D eigenvalue weighted by atomic mass is 16.8. The predicted octanol–water partition coefficient (Wildman–Crippen LogP) is -0.563. The summed E-state index contributed by atoms with van der Waals surface area (Å²) < 4.78 is 20.0. The molecule has 0 aromatic rings. The number of nitrogens with one attached hydrogen (secondary N) is 2. The van der Waals surface area contributed by atoms with Crippen LogP contribution in [0.1, 0.15) is 27.7 Å². The molecule has 0 amide bonds. The van der Waals surface area contributed by atoms with E-state index in [0.29, 0.717) is 13.2 Å². The highest BCUT2D eigenvalue weighted by Gasteiger charge is 2.37. The molecule has 20 heavy (non-hydrogen) atoms. The largest absolute Gasteiger partial charge is 0.420 e. The highest BCUT2D eigenvalue weighted by molar-refractivity contribution is 6.29. The lowest BCUT2D eigenvalue weighted by molar-refractivity contribution is -0.199. The van der Waals surface area contributed by atoms with Crippen LogP contribution in [-0.4, -0.2) is 49.1 Å². The van der Waals surface area contributed by atoms with Gasteiger partial charge in [-0.25, -0.2) is 9.59 Å². The van der Waals surface area contributed by atoms with Crippen molar-refractivity contribution >= 4 is 11.9 Å². The Balaban J connectivity index is 1.77. The Hall–Kier alpha value is -1.22. The topological polar surface area (TPSA) is 95.1 Å². The van der Waals surface area contributed by atoms with Crippen molar-refractivity contribution < 1.29 is 28.5 Å². The van der Waals surface area contributed by atoms with Gasteiger partial charge in [0.05, 0.1) is 13.2 Å². The minimum Gasteiger partial charge on any atom is -0.413 e. The van der Waals surface area contributed by atoms with Crippen molar-refractivity contribution in [3.63, 3.8) is 0 Å². The third kappa shape index (κ3) is 3.89. The van der Waals surface area contributed by atoms with Gasteiger partial charge in [-0.3, -0.25) is 10.6 Å². The highest BCUT2D eigenvalue weighted by Crippen LogP contribution is 2.16. The van der Waals surface area contributed by atoms with Crippen LogP contribution in [0.4, 0.5) is 0 Å². The third-order valence-corrected chi connectivity index (χ3v) is 2.80. The summed E-state index contributed by atoms with van der Waals surface area (Å²) in [6.07, 6.45) is -1.89. The van der Waals surface area contributed by atoms with Crippen LogP contribution < -0.4 is 10.6 Å². The van der Waals surface area contributed by atoms with Crippen LogP contribution in [0.25, 0.3) is 0 Å². The summed E-state index contributed by atoms with van der Waals surface area (Å²) in [5.74, 6) is -2.26. The van der Waals surface area contributed by atoms with Gasteiger partial charge in [-0.2, -0.15) is 0 Å². The number of carbonyl (C=O) groups excluding carboxylic acids is 2. The summed E-state index contributed by atoms with van der Waals surface area (Å²) in [6, 6.07) is 0. The van der Waals surface area contributed by atoms with E-state index in [2.05, 4.69) is 10.6 Å². The first-order valence-electron chi connectivity index (χ1n) is 6.37. The monoisotopic (exact) mass is 288 g/mol. The second kappa shape index (κ2) is 5.28. The first-order valence-corrected chi connectivity index (χ1v) is 6.37. The molecule has 2 N–H and O–H groups in total. The van der Waals surface area contributed by atoms with Crippen molar-refractivity contribution in [2.75, 3.05) is 13.2 Å². The lowest BCUT2D eigenvalue weighted by atomic mass is 10.1. The average molecular weight is 288 g/mol. The zero-order valence-electron chi connectivity index (χ0n) is 12.0. The summed E-state index contributed by atoms with van der Waals surface area (Å²) in [5, 5.41) is 5.81. The van der Waals surface area contributed by atoms with E-state index >= 15 is 0 Å². The Morgan fingerprint density at radius 1 is 0.900 bits per heavy atom. The van der Waals surface area contributed by atoms with Crippen molar-refractivity contribution in [3.05, 3.63) is 0 Å². The van der Waals surface area contributed by atoms with Crippen LogP contribution in [0.2, 0.25) is 0 Å². The van der Waals surface area contributed by atoms with Gasteiger partial charge in [-0.05, 0) is 27.7 Å². The van der Waals surface area contributed by atoms with E-state index in [1.165, 1.54) is 0 Å². The maximum absolute atomic E-state index is 11.6. The van der Waals surface area contributed by atoms with E-state index in [1.54, 1.807) is 0 Å². The number of carbonyl (C=O) groups is 2. The van der Waals surface area contributed by atoms with E-state index in [0.717, 1.165) is 0 Å². The number of hydrogen-bond donors (Lipinski definition) is 2. The fraction of sp³-hybridized carbons (Fsp3) is 0.833. The van der Waals surface area contributed by atoms with E-state index in [9.17, 15) is 9.59 Å². The molecule has 8 heteroatoms. The number of rotatable bonds is 2. The van der Waals surface area contributed by atoms with Crippen LogP contribution in [0.15, 0.2) is 0 Å². The van der Waals surface area contributed by atoms with E-state index in [4.69, 9.17) is 18.9 Å². The third-order valence-electron chi connectivity index (χ3n) is 2.80. The molecule has 2 aliphatic heterocycles. The molecule has 2 unspecified atom stereocenters. The molecule has 0 aliphatic carbocycles. The standard InChI is InChI=1S/C12H20N2O6/c1-11(2)5-17-9(13-11)19-7(15)8(16)20-10-14-12(3,4)6-18-10/h9-10,13-14H,5-6H2,1-4H3. The molecule has 8 nitrogen and oxygen atoms in total. The Morgan fingerprint density at radius 2 is 1.25 bits per heavy atom. The Bertz CT molecular complexity index is 371. The van der Waals surface area contributed by atoms with Crippen LogP contribution >= 0.6 is 0 Å². The summed E-state index contributed by atoms with van der Waals surface area (Å²) >= 11 is 0. The Kier molecular flexibility index (Phi) is 4.01. The minimum absolute atomic E-state index is 0.311. The van der Waals surface area contributed by atoms with Gasteiger partial charge in [0.2, 0.25) is 0 Å². The predicted molar refractivity (Wildman–Crippen MR) is 66.1 cm³/mol. The normalized spacial score (nSPS) is 31.0. The smallest absolute Gasteiger partial charge is 0.413 e. The van der Waals surface area contributed by atoms with Crippen molar-refractivity contribution in [1.82, 2.24) is 10.6 Å². The van der Waals surface area contributed by atoms with Crippen LogP contribution in [0, 0.1) is 0 Å². The quantitative estimate of drug-likeness (QED) is 0.515. The van der Waals surface area contributed by atoms with Gasteiger partial charge >= 0.3 is 11.9 Å². The molecule has 2 saturated heterocycles. The van der Waals surface area contributed by atoms with Gasteiger partial charge in [0.25, 0.3) is 12.8 Å². The van der Waals surface area contributed by atoms with Gasteiger partial charge in [0.15, 0.2) is 0 Å². The zero-order valence-corrected chi connectivity index (χ0v) is 12.0. The Morgan fingerprint density at radius 3 is 1.50 bits per heavy atom. The molecule has 2 aliphatic rings. The lowest BCUT2D eigenvalue weighted by Gasteiger charge is -2.18. The van der Waals surface area contributed by atoms with Gasteiger partial charge < -0.3 is 18.9 Å². The molecule has 0 bridgehead atoms. The van der Waals surface area contributed by atoms with Crippen molar-refractivity contribution in [1.29, 1.82) is 0 Å². The number of esters is 2. The second-order valence-corrected chi connectivity index (χ2v) is 6.15. The molecule has 0 aromatic carbocycles. The molecule has 2 rings (SSSR count). The fourth-order valence-electron chi connectivity index (χ4n) is 1.79. The SMILES string of the molecule is CC1(C)COC(OC(=O)C(=O)OC2NC(C)(C)CO2)N1. The first-order chi connectivity index (χ1) is 9.17. The zero-order chi connectivity index (χ0) is 15.0. The van der Waals surface area contributed by atoms with E-state index < -0.39 is 24.8 Å². The van der Waals surface area contributed by atoms with Gasteiger partial charge in [-0.1, -0.05) is 0 Å². The minimum atomic E-state index is -1.13. The molecule has 114 valence electrons. The summed E-state index contributed by atoms with van der Waals surface area (Å²) in [4.78, 5) is 23.1. The molecule has 0 saturated carbocycles. The number of ether oxygens (including phenoxy) is 4. The molecule has 2 atom stereocenters. The van der Waals surface area contributed by atoms with Crippen LogP contribution in [0.3, 0.4) is 0 Å². The van der Waals surface area contributed by atoms with Gasteiger partial charge in [-0.15, -0.1) is 0 Å². The molecular formula is C12H20N2O6. The van der Waals surface area contributed by atoms with E-state index in [1.807, 2.05) is 27.7 Å². The summed E-state index contributed by atoms with van der Waals surface area (Å²) in [7, 11) is 0. The van der Waals surface area contributed by atoms with Crippen LogP contribution in [0.5, 0.6) is 0 Å². The first kappa shape index (κ1) is 15.2.